The second kappa shape index (κ2) is 2.06. The first-order chi connectivity index (χ1) is 5.47. The molecule has 2 rings (SSSR count). The third kappa shape index (κ3) is 0.736. The zero-order valence-electron chi connectivity index (χ0n) is 8.48. The number of aliphatic hydroxyl groups excluding tert-OH is 1. The standard InChI is InChI=1S/C11H20O/c1-9(2)5-4-6-10(3)7-11(9,10)8-12/h12H,4-8H2,1-3H3. The molecular weight excluding hydrogens is 148 g/mol. The van der Waals surface area contributed by atoms with Gasteiger partial charge in [-0.1, -0.05) is 27.2 Å². The Labute approximate surface area is 75.2 Å². The first kappa shape index (κ1) is 8.55. The van der Waals surface area contributed by atoms with Crippen LogP contribution in [0.15, 0.2) is 0 Å². The van der Waals surface area contributed by atoms with E-state index in [1.165, 1.54) is 25.7 Å². The van der Waals surface area contributed by atoms with Crippen molar-refractivity contribution < 1.29 is 5.11 Å². The molecule has 1 nitrogen and oxygen atoms in total. The van der Waals surface area contributed by atoms with Gasteiger partial charge in [0.2, 0.25) is 0 Å². The van der Waals surface area contributed by atoms with Crippen molar-refractivity contribution in [2.75, 3.05) is 6.61 Å². The van der Waals surface area contributed by atoms with Crippen molar-refractivity contribution in [1.82, 2.24) is 0 Å². The van der Waals surface area contributed by atoms with Crippen LogP contribution in [-0.4, -0.2) is 11.7 Å². The average molecular weight is 168 g/mol. The van der Waals surface area contributed by atoms with E-state index in [9.17, 15) is 5.11 Å². The van der Waals surface area contributed by atoms with Crippen LogP contribution in [0.3, 0.4) is 0 Å². The average Bonchev–Trinajstić information content (AvgIpc) is 2.58. The summed E-state index contributed by atoms with van der Waals surface area (Å²) in [6, 6.07) is 0. The van der Waals surface area contributed by atoms with E-state index in [4.69, 9.17) is 0 Å². The molecule has 2 fully saturated rings. The van der Waals surface area contributed by atoms with Gasteiger partial charge in [0, 0.05) is 12.0 Å². The summed E-state index contributed by atoms with van der Waals surface area (Å²) in [4.78, 5) is 0. The van der Waals surface area contributed by atoms with Crippen molar-refractivity contribution in [1.29, 1.82) is 0 Å². The molecule has 0 aliphatic heterocycles. The highest BCUT2D eigenvalue weighted by Crippen LogP contribution is 2.76. The normalized spacial score (nSPS) is 50.0. The van der Waals surface area contributed by atoms with E-state index in [1.807, 2.05) is 0 Å². The summed E-state index contributed by atoms with van der Waals surface area (Å²) in [5.41, 5.74) is 1.12. The third-order valence-corrected chi connectivity index (χ3v) is 4.82. The Hall–Kier alpha value is -0.0400. The Balaban J connectivity index is 2.30. The highest BCUT2D eigenvalue weighted by Gasteiger charge is 2.71. The Morgan fingerprint density at radius 2 is 1.83 bits per heavy atom. The van der Waals surface area contributed by atoms with Crippen LogP contribution in [0.5, 0.6) is 0 Å². The second-order valence-corrected chi connectivity index (χ2v) is 5.72. The maximum atomic E-state index is 9.49. The Morgan fingerprint density at radius 1 is 1.17 bits per heavy atom. The molecule has 2 unspecified atom stereocenters. The lowest BCUT2D eigenvalue weighted by molar-refractivity contribution is 0.0237. The van der Waals surface area contributed by atoms with Crippen molar-refractivity contribution in [3.63, 3.8) is 0 Å². The summed E-state index contributed by atoms with van der Waals surface area (Å²) in [5, 5.41) is 9.49. The van der Waals surface area contributed by atoms with E-state index in [1.54, 1.807) is 0 Å². The fraction of sp³-hybridized carbons (Fsp3) is 1.00. The van der Waals surface area contributed by atoms with Crippen LogP contribution in [0, 0.1) is 16.2 Å². The monoisotopic (exact) mass is 168 g/mol. The van der Waals surface area contributed by atoms with Gasteiger partial charge in [0.25, 0.3) is 0 Å². The van der Waals surface area contributed by atoms with Crippen molar-refractivity contribution in [3.8, 4) is 0 Å². The number of fused-ring (bicyclic) bond motifs is 1. The van der Waals surface area contributed by atoms with E-state index < -0.39 is 0 Å². The van der Waals surface area contributed by atoms with E-state index >= 15 is 0 Å². The van der Waals surface area contributed by atoms with Gasteiger partial charge in [-0.2, -0.15) is 0 Å². The summed E-state index contributed by atoms with van der Waals surface area (Å²) >= 11 is 0. The molecule has 2 aliphatic rings. The smallest absolute Gasteiger partial charge is 0.0497 e. The number of hydrogen-bond acceptors (Lipinski definition) is 1. The molecule has 0 aromatic carbocycles. The maximum Gasteiger partial charge on any atom is 0.0497 e. The zero-order chi connectivity index (χ0) is 9.04. The van der Waals surface area contributed by atoms with Crippen LogP contribution in [-0.2, 0) is 0 Å². The molecule has 1 heteroatoms. The Kier molecular flexibility index (Phi) is 1.47. The van der Waals surface area contributed by atoms with Gasteiger partial charge < -0.3 is 5.11 Å². The molecule has 12 heavy (non-hydrogen) atoms. The predicted molar refractivity (Wildman–Crippen MR) is 49.9 cm³/mol. The lowest BCUT2D eigenvalue weighted by Gasteiger charge is -2.41. The van der Waals surface area contributed by atoms with Gasteiger partial charge in [-0.05, 0) is 30.1 Å². The summed E-state index contributed by atoms with van der Waals surface area (Å²) in [7, 11) is 0. The summed E-state index contributed by atoms with van der Waals surface area (Å²) in [5.74, 6) is 0. The molecule has 1 N–H and O–H groups in total. The van der Waals surface area contributed by atoms with Crippen LogP contribution in [0.25, 0.3) is 0 Å². The maximum absolute atomic E-state index is 9.49. The van der Waals surface area contributed by atoms with Gasteiger partial charge in [0.1, 0.15) is 0 Å². The van der Waals surface area contributed by atoms with Crippen molar-refractivity contribution in [2.24, 2.45) is 16.2 Å². The minimum atomic E-state index is 0.276. The topological polar surface area (TPSA) is 20.2 Å². The molecule has 0 heterocycles. The second-order valence-electron chi connectivity index (χ2n) is 5.72. The van der Waals surface area contributed by atoms with Gasteiger partial charge >= 0.3 is 0 Å². The lowest BCUT2D eigenvalue weighted by atomic mass is 9.64. The molecule has 0 amide bonds. The lowest BCUT2D eigenvalue weighted by Crippen LogP contribution is -2.36. The van der Waals surface area contributed by atoms with E-state index in [0.717, 1.165) is 0 Å². The molecule has 0 aromatic rings. The van der Waals surface area contributed by atoms with Crippen LogP contribution < -0.4 is 0 Å². The molecule has 0 radical (unpaired) electrons. The van der Waals surface area contributed by atoms with Crippen LogP contribution in [0.1, 0.15) is 46.5 Å². The minimum absolute atomic E-state index is 0.276. The molecule has 2 aliphatic carbocycles. The van der Waals surface area contributed by atoms with Gasteiger partial charge in [-0.3, -0.25) is 0 Å². The fourth-order valence-electron chi connectivity index (χ4n) is 3.63. The SMILES string of the molecule is CC1(C)CCCC2(C)CC12CO. The van der Waals surface area contributed by atoms with Gasteiger partial charge in [-0.15, -0.1) is 0 Å². The van der Waals surface area contributed by atoms with E-state index in [-0.39, 0.29) is 5.41 Å². The number of aliphatic hydroxyl groups is 1. The van der Waals surface area contributed by atoms with E-state index in [2.05, 4.69) is 20.8 Å². The molecule has 0 bridgehead atoms. The molecule has 0 spiro atoms. The van der Waals surface area contributed by atoms with Crippen LogP contribution in [0.2, 0.25) is 0 Å². The first-order valence-electron chi connectivity index (χ1n) is 5.08. The molecule has 0 aromatic heterocycles. The fourth-order valence-corrected chi connectivity index (χ4v) is 3.63. The van der Waals surface area contributed by atoms with Gasteiger partial charge in [0.05, 0.1) is 0 Å². The third-order valence-electron chi connectivity index (χ3n) is 4.82. The minimum Gasteiger partial charge on any atom is -0.396 e. The van der Waals surface area contributed by atoms with Crippen molar-refractivity contribution in [2.45, 2.75) is 46.5 Å². The summed E-state index contributed by atoms with van der Waals surface area (Å²) < 4.78 is 0. The highest BCUT2D eigenvalue weighted by molar-refractivity contribution is 5.19. The quantitative estimate of drug-likeness (QED) is 0.638. The first-order valence-corrected chi connectivity index (χ1v) is 5.08. The largest absolute Gasteiger partial charge is 0.396 e. The molecular formula is C11H20O. The zero-order valence-corrected chi connectivity index (χ0v) is 8.48. The van der Waals surface area contributed by atoms with Gasteiger partial charge in [-0.25, -0.2) is 0 Å². The van der Waals surface area contributed by atoms with Crippen LogP contribution >= 0.6 is 0 Å². The van der Waals surface area contributed by atoms with Crippen LogP contribution in [0.4, 0.5) is 0 Å². The predicted octanol–water partition coefficient (Wildman–Crippen LogP) is 2.59. The van der Waals surface area contributed by atoms with E-state index in [0.29, 0.717) is 17.4 Å². The summed E-state index contributed by atoms with van der Waals surface area (Å²) in [6.07, 6.45) is 5.23. The molecule has 2 atom stereocenters. The van der Waals surface area contributed by atoms with Gasteiger partial charge in [0.15, 0.2) is 0 Å². The molecule has 70 valence electrons. The molecule has 0 saturated heterocycles. The molecule has 2 saturated carbocycles. The summed E-state index contributed by atoms with van der Waals surface area (Å²) in [6.45, 7) is 7.40. The Morgan fingerprint density at radius 3 is 2.25 bits per heavy atom. The number of hydrogen-bond donors (Lipinski definition) is 1. The van der Waals surface area contributed by atoms with Crippen molar-refractivity contribution >= 4 is 0 Å². The number of rotatable bonds is 1. The van der Waals surface area contributed by atoms with Crippen molar-refractivity contribution in [3.05, 3.63) is 0 Å². The Bertz CT molecular complexity index is 209. The highest BCUT2D eigenvalue weighted by atomic mass is 16.3.